The van der Waals surface area contributed by atoms with Crippen molar-refractivity contribution in [3.63, 3.8) is 0 Å². The SMILES string of the molecule is C[C@H](NS(=O)(=O)c1ccccc1Br)c1ccc(Cl)c(Cl)c1. The predicted octanol–water partition coefficient (Wildman–Crippen LogP) is 4.80. The average molecular weight is 409 g/mol. The molecule has 0 radical (unpaired) electrons. The van der Waals surface area contributed by atoms with E-state index in [1.54, 1.807) is 43.3 Å². The van der Waals surface area contributed by atoms with Gasteiger partial charge in [0.25, 0.3) is 0 Å². The van der Waals surface area contributed by atoms with E-state index in [0.717, 1.165) is 5.56 Å². The summed E-state index contributed by atoms with van der Waals surface area (Å²) in [6.45, 7) is 1.74. The number of benzene rings is 2. The molecule has 2 aromatic rings. The Balaban J connectivity index is 2.28. The molecule has 2 rings (SSSR count). The van der Waals surface area contributed by atoms with Crippen LogP contribution in [0.15, 0.2) is 51.8 Å². The lowest BCUT2D eigenvalue weighted by atomic mass is 10.1. The summed E-state index contributed by atoms with van der Waals surface area (Å²) in [7, 11) is -3.63. The second-order valence-corrected chi connectivity index (χ2v) is 7.80. The molecule has 0 heterocycles. The maximum Gasteiger partial charge on any atom is 0.242 e. The number of hydrogen-bond donors (Lipinski definition) is 1. The van der Waals surface area contributed by atoms with E-state index in [1.165, 1.54) is 6.07 Å². The highest BCUT2D eigenvalue weighted by atomic mass is 79.9. The molecule has 0 aromatic heterocycles. The van der Waals surface area contributed by atoms with Crippen LogP contribution in [0.25, 0.3) is 0 Å². The van der Waals surface area contributed by atoms with Gasteiger partial charge in [0.05, 0.1) is 14.9 Å². The van der Waals surface area contributed by atoms with Crippen LogP contribution >= 0.6 is 39.1 Å². The second kappa shape index (κ2) is 6.67. The zero-order valence-corrected chi connectivity index (χ0v) is 14.9. The highest BCUT2D eigenvalue weighted by Crippen LogP contribution is 2.27. The first kappa shape index (κ1) is 16.8. The molecule has 1 atom stereocenters. The van der Waals surface area contributed by atoms with Crippen LogP contribution in [-0.4, -0.2) is 8.42 Å². The topological polar surface area (TPSA) is 46.2 Å². The van der Waals surface area contributed by atoms with Gasteiger partial charge < -0.3 is 0 Å². The predicted molar refractivity (Wildman–Crippen MR) is 89.3 cm³/mol. The first-order valence-corrected chi connectivity index (χ1v) is 9.06. The molecular formula is C14H12BrCl2NO2S. The molecule has 0 saturated carbocycles. The van der Waals surface area contributed by atoms with Crippen LogP contribution in [-0.2, 0) is 10.0 Å². The van der Waals surface area contributed by atoms with Gasteiger partial charge in [-0.1, -0.05) is 41.4 Å². The third-order valence-corrected chi connectivity index (χ3v) is 6.19. The van der Waals surface area contributed by atoms with Crippen molar-refractivity contribution in [1.82, 2.24) is 4.72 Å². The van der Waals surface area contributed by atoms with Gasteiger partial charge >= 0.3 is 0 Å². The van der Waals surface area contributed by atoms with Gasteiger partial charge in [-0.2, -0.15) is 0 Å². The van der Waals surface area contributed by atoms with Gasteiger partial charge in [0, 0.05) is 10.5 Å². The largest absolute Gasteiger partial charge is 0.242 e. The molecule has 0 bridgehead atoms. The normalized spacial score (nSPS) is 13.1. The molecule has 3 nitrogen and oxygen atoms in total. The molecule has 0 saturated heterocycles. The lowest BCUT2D eigenvalue weighted by Crippen LogP contribution is -2.27. The summed E-state index contributed by atoms with van der Waals surface area (Å²) in [6.07, 6.45) is 0. The number of nitrogens with one attached hydrogen (secondary N) is 1. The van der Waals surface area contributed by atoms with Crippen molar-refractivity contribution < 1.29 is 8.42 Å². The zero-order chi connectivity index (χ0) is 15.6. The molecule has 7 heteroatoms. The minimum Gasteiger partial charge on any atom is -0.207 e. The molecule has 1 N–H and O–H groups in total. The summed E-state index contributed by atoms with van der Waals surface area (Å²) in [5, 5.41) is 0.822. The molecule has 2 aromatic carbocycles. The van der Waals surface area contributed by atoms with E-state index in [9.17, 15) is 8.42 Å². The summed E-state index contributed by atoms with van der Waals surface area (Å²) in [5.41, 5.74) is 0.736. The summed E-state index contributed by atoms with van der Waals surface area (Å²) < 4.78 is 27.9. The number of halogens is 3. The summed E-state index contributed by atoms with van der Waals surface area (Å²) in [6, 6.07) is 11.2. The van der Waals surface area contributed by atoms with Crippen LogP contribution in [0, 0.1) is 0 Å². The molecule has 0 spiro atoms. The number of hydrogen-bond acceptors (Lipinski definition) is 2. The maximum atomic E-state index is 12.4. The Morgan fingerprint density at radius 2 is 1.76 bits per heavy atom. The van der Waals surface area contributed by atoms with Gasteiger partial charge in [-0.25, -0.2) is 13.1 Å². The minimum absolute atomic E-state index is 0.192. The molecule has 0 aliphatic rings. The van der Waals surface area contributed by atoms with E-state index in [0.29, 0.717) is 14.5 Å². The molecule has 0 amide bonds. The highest BCUT2D eigenvalue weighted by molar-refractivity contribution is 9.10. The van der Waals surface area contributed by atoms with E-state index in [1.807, 2.05) is 0 Å². The molecule has 0 fully saturated rings. The van der Waals surface area contributed by atoms with Crippen molar-refractivity contribution in [3.8, 4) is 0 Å². The summed E-state index contributed by atoms with van der Waals surface area (Å²) in [5.74, 6) is 0. The van der Waals surface area contributed by atoms with Crippen LogP contribution in [0.4, 0.5) is 0 Å². The molecular weight excluding hydrogens is 397 g/mol. The van der Waals surface area contributed by atoms with Crippen molar-refractivity contribution in [2.75, 3.05) is 0 Å². The van der Waals surface area contributed by atoms with Gasteiger partial charge in [-0.3, -0.25) is 0 Å². The fourth-order valence-corrected chi connectivity index (χ4v) is 4.35. The fourth-order valence-electron chi connectivity index (χ4n) is 1.81. The standard InChI is InChI=1S/C14H12BrCl2NO2S/c1-9(10-6-7-12(16)13(17)8-10)18-21(19,20)14-5-3-2-4-11(14)15/h2-9,18H,1H3/t9-/m0/s1. The van der Waals surface area contributed by atoms with E-state index in [2.05, 4.69) is 20.7 Å². The van der Waals surface area contributed by atoms with E-state index in [-0.39, 0.29) is 4.90 Å². The maximum absolute atomic E-state index is 12.4. The van der Waals surface area contributed by atoms with Crippen LogP contribution in [0.2, 0.25) is 10.0 Å². The Labute approximate surface area is 142 Å². The zero-order valence-electron chi connectivity index (χ0n) is 11.0. The van der Waals surface area contributed by atoms with Crippen LogP contribution in [0.1, 0.15) is 18.5 Å². The quantitative estimate of drug-likeness (QED) is 0.789. The minimum atomic E-state index is -3.63. The Kier molecular flexibility index (Phi) is 5.33. The number of rotatable bonds is 4. The van der Waals surface area contributed by atoms with Crippen molar-refractivity contribution in [1.29, 1.82) is 0 Å². The average Bonchev–Trinajstić information content (AvgIpc) is 2.41. The first-order valence-electron chi connectivity index (χ1n) is 6.03. The summed E-state index contributed by atoms with van der Waals surface area (Å²) in [4.78, 5) is 0.192. The van der Waals surface area contributed by atoms with Gasteiger partial charge in [0.1, 0.15) is 0 Å². The van der Waals surface area contributed by atoms with E-state index < -0.39 is 16.1 Å². The third-order valence-electron chi connectivity index (χ3n) is 2.90. The van der Waals surface area contributed by atoms with Gasteiger partial charge in [-0.15, -0.1) is 0 Å². The van der Waals surface area contributed by atoms with E-state index >= 15 is 0 Å². The van der Waals surface area contributed by atoms with Crippen molar-refractivity contribution >= 4 is 49.2 Å². The Morgan fingerprint density at radius 1 is 1.10 bits per heavy atom. The first-order chi connectivity index (χ1) is 9.81. The second-order valence-electron chi connectivity index (χ2n) is 4.45. The van der Waals surface area contributed by atoms with Gasteiger partial charge in [-0.05, 0) is 52.7 Å². The third kappa shape index (κ3) is 3.99. The van der Waals surface area contributed by atoms with Crippen LogP contribution in [0.3, 0.4) is 0 Å². The smallest absolute Gasteiger partial charge is 0.207 e. The molecule has 0 aliphatic heterocycles. The van der Waals surface area contributed by atoms with Crippen molar-refractivity contribution in [2.45, 2.75) is 17.9 Å². The highest BCUT2D eigenvalue weighted by Gasteiger charge is 2.20. The van der Waals surface area contributed by atoms with Crippen molar-refractivity contribution in [2.24, 2.45) is 0 Å². The molecule has 0 unspecified atom stereocenters. The Bertz CT molecular complexity index is 765. The molecule has 112 valence electrons. The van der Waals surface area contributed by atoms with Crippen LogP contribution in [0.5, 0.6) is 0 Å². The number of sulfonamides is 1. The lowest BCUT2D eigenvalue weighted by Gasteiger charge is -2.16. The van der Waals surface area contributed by atoms with Gasteiger partial charge in [0.2, 0.25) is 10.0 Å². The van der Waals surface area contributed by atoms with Crippen LogP contribution < -0.4 is 4.72 Å². The monoisotopic (exact) mass is 407 g/mol. The Morgan fingerprint density at radius 3 is 2.38 bits per heavy atom. The van der Waals surface area contributed by atoms with Gasteiger partial charge in [0.15, 0.2) is 0 Å². The van der Waals surface area contributed by atoms with Crippen molar-refractivity contribution in [3.05, 3.63) is 62.5 Å². The Hall–Kier alpha value is -0.590. The summed E-state index contributed by atoms with van der Waals surface area (Å²) >= 11 is 15.1. The fraction of sp³-hybridized carbons (Fsp3) is 0.143. The lowest BCUT2D eigenvalue weighted by molar-refractivity contribution is 0.566. The van der Waals surface area contributed by atoms with E-state index in [4.69, 9.17) is 23.2 Å². The molecule has 0 aliphatic carbocycles. The molecule has 21 heavy (non-hydrogen) atoms.